The summed E-state index contributed by atoms with van der Waals surface area (Å²) in [5.41, 5.74) is -0.154. The van der Waals surface area contributed by atoms with Crippen molar-refractivity contribution in [3.8, 4) is 0 Å². The minimum absolute atomic E-state index is 0.154. The van der Waals surface area contributed by atoms with E-state index in [1.807, 2.05) is 20.8 Å². The summed E-state index contributed by atoms with van der Waals surface area (Å²) in [7, 11) is 0. The average molecular weight is 174 g/mol. The lowest BCUT2D eigenvalue weighted by Gasteiger charge is -2.19. The van der Waals surface area contributed by atoms with E-state index in [0.717, 1.165) is 0 Å². The highest BCUT2D eigenvalue weighted by Crippen LogP contribution is 2.05. The number of ether oxygens (including phenoxy) is 2. The van der Waals surface area contributed by atoms with Gasteiger partial charge in [-0.15, -0.1) is 0 Å². The first-order valence-corrected chi connectivity index (χ1v) is 4.25. The summed E-state index contributed by atoms with van der Waals surface area (Å²) in [6, 6.07) is 0. The van der Waals surface area contributed by atoms with E-state index in [4.69, 9.17) is 9.47 Å². The molecule has 0 radical (unpaired) electrons. The molecular weight excluding hydrogens is 156 g/mol. The molecule has 0 bridgehead atoms. The number of hydrogen-bond acceptors (Lipinski definition) is 3. The molecular formula is C9H18O3. The monoisotopic (exact) mass is 174 g/mol. The third-order valence-electron chi connectivity index (χ3n) is 1.17. The average Bonchev–Trinajstić information content (AvgIpc) is 1.96. The summed E-state index contributed by atoms with van der Waals surface area (Å²) in [6.45, 7) is 8.49. The fourth-order valence-corrected chi connectivity index (χ4v) is 0.605. The van der Waals surface area contributed by atoms with Crippen LogP contribution in [0.25, 0.3) is 0 Å². The molecule has 0 aromatic rings. The lowest BCUT2D eigenvalue weighted by Crippen LogP contribution is -2.22. The van der Waals surface area contributed by atoms with Gasteiger partial charge in [0.05, 0.1) is 12.2 Å². The van der Waals surface area contributed by atoms with E-state index in [-0.39, 0.29) is 11.6 Å². The van der Waals surface area contributed by atoms with Crippen molar-refractivity contribution in [1.29, 1.82) is 0 Å². The van der Waals surface area contributed by atoms with Gasteiger partial charge < -0.3 is 9.47 Å². The molecule has 0 saturated carbocycles. The summed E-state index contributed by atoms with van der Waals surface area (Å²) in [4.78, 5) is 10.7. The van der Waals surface area contributed by atoms with Gasteiger partial charge >= 0.3 is 5.97 Å². The number of esters is 1. The second-order valence-electron chi connectivity index (χ2n) is 3.53. The molecule has 0 amide bonds. The van der Waals surface area contributed by atoms with Gasteiger partial charge in [0.25, 0.3) is 0 Å². The zero-order valence-electron chi connectivity index (χ0n) is 8.35. The van der Waals surface area contributed by atoms with E-state index in [2.05, 4.69) is 0 Å². The second-order valence-corrected chi connectivity index (χ2v) is 3.53. The predicted octanol–water partition coefficient (Wildman–Crippen LogP) is 1.75. The standard InChI is InChI=1S/C9H18O3/c1-5-8(10)11-6-7-12-9(2,3)4/h5-7H2,1-4H3. The van der Waals surface area contributed by atoms with Crippen molar-refractivity contribution in [2.45, 2.75) is 39.7 Å². The lowest BCUT2D eigenvalue weighted by molar-refractivity contribution is -0.146. The summed E-state index contributed by atoms with van der Waals surface area (Å²) >= 11 is 0. The van der Waals surface area contributed by atoms with Gasteiger partial charge in [-0.2, -0.15) is 0 Å². The van der Waals surface area contributed by atoms with E-state index in [0.29, 0.717) is 19.6 Å². The molecule has 0 aliphatic rings. The van der Waals surface area contributed by atoms with Crippen molar-refractivity contribution in [3.63, 3.8) is 0 Å². The maximum atomic E-state index is 10.7. The molecule has 0 heterocycles. The Bertz CT molecular complexity index is 135. The van der Waals surface area contributed by atoms with Crippen molar-refractivity contribution in [2.24, 2.45) is 0 Å². The SMILES string of the molecule is CCC(=O)OCCOC(C)(C)C. The fraction of sp³-hybridized carbons (Fsp3) is 0.889. The van der Waals surface area contributed by atoms with Gasteiger partial charge in [-0.3, -0.25) is 4.79 Å². The predicted molar refractivity (Wildman–Crippen MR) is 47.0 cm³/mol. The maximum Gasteiger partial charge on any atom is 0.305 e. The smallest absolute Gasteiger partial charge is 0.305 e. The highest BCUT2D eigenvalue weighted by molar-refractivity contribution is 5.68. The van der Waals surface area contributed by atoms with Crippen molar-refractivity contribution in [3.05, 3.63) is 0 Å². The van der Waals surface area contributed by atoms with E-state index in [9.17, 15) is 4.79 Å². The van der Waals surface area contributed by atoms with Crippen LogP contribution in [0.4, 0.5) is 0 Å². The summed E-state index contributed by atoms with van der Waals surface area (Å²) in [5.74, 6) is -0.174. The van der Waals surface area contributed by atoms with E-state index >= 15 is 0 Å². The molecule has 3 heteroatoms. The van der Waals surface area contributed by atoms with Gasteiger partial charge in [0, 0.05) is 6.42 Å². The summed E-state index contributed by atoms with van der Waals surface area (Å²) in [6.07, 6.45) is 0.426. The molecule has 0 spiro atoms. The van der Waals surface area contributed by atoms with Gasteiger partial charge in [-0.25, -0.2) is 0 Å². The molecule has 0 atom stereocenters. The topological polar surface area (TPSA) is 35.5 Å². The van der Waals surface area contributed by atoms with Gasteiger partial charge in [-0.1, -0.05) is 6.92 Å². The largest absolute Gasteiger partial charge is 0.463 e. The van der Waals surface area contributed by atoms with Gasteiger partial charge in [0.2, 0.25) is 0 Å². The first kappa shape index (κ1) is 11.4. The minimum Gasteiger partial charge on any atom is -0.463 e. The number of hydrogen-bond donors (Lipinski definition) is 0. The van der Waals surface area contributed by atoms with Crippen molar-refractivity contribution < 1.29 is 14.3 Å². The van der Waals surface area contributed by atoms with Crippen LogP contribution >= 0.6 is 0 Å². The van der Waals surface area contributed by atoms with E-state index < -0.39 is 0 Å². The van der Waals surface area contributed by atoms with Gasteiger partial charge in [-0.05, 0) is 20.8 Å². The molecule has 0 aliphatic heterocycles. The zero-order valence-corrected chi connectivity index (χ0v) is 8.35. The maximum absolute atomic E-state index is 10.7. The molecule has 0 aromatic carbocycles. The van der Waals surface area contributed by atoms with Crippen LogP contribution in [0.2, 0.25) is 0 Å². The van der Waals surface area contributed by atoms with Gasteiger partial charge in [0.1, 0.15) is 6.61 Å². The van der Waals surface area contributed by atoms with Crippen LogP contribution < -0.4 is 0 Å². The Balaban J connectivity index is 3.28. The molecule has 12 heavy (non-hydrogen) atoms. The van der Waals surface area contributed by atoms with Crippen LogP contribution in [0.1, 0.15) is 34.1 Å². The molecule has 0 fully saturated rings. The number of carbonyl (C=O) groups excluding carboxylic acids is 1. The molecule has 0 saturated heterocycles. The van der Waals surface area contributed by atoms with Crippen LogP contribution in [0, 0.1) is 0 Å². The molecule has 3 nitrogen and oxygen atoms in total. The Morgan fingerprint density at radius 3 is 2.25 bits per heavy atom. The van der Waals surface area contributed by atoms with Crippen molar-refractivity contribution >= 4 is 5.97 Å². The summed E-state index contributed by atoms with van der Waals surface area (Å²) in [5, 5.41) is 0. The van der Waals surface area contributed by atoms with Crippen molar-refractivity contribution in [2.75, 3.05) is 13.2 Å². The van der Waals surface area contributed by atoms with E-state index in [1.165, 1.54) is 0 Å². The number of rotatable bonds is 4. The van der Waals surface area contributed by atoms with Crippen LogP contribution in [0.3, 0.4) is 0 Å². The van der Waals surface area contributed by atoms with Crippen LogP contribution in [-0.2, 0) is 14.3 Å². The normalized spacial score (nSPS) is 11.3. The molecule has 72 valence electrons. The first-order valence-electron chi connectivity index (χ1n) is 4.25. The first-order chi connectivity index (χ1) is 5.45. The third kappa shape index (κ3) is 7.54. The third-order valence-corrected chi connectivity index (χ3v) is 1.17. The van der Waals surface area contributed by atoms with E-state index in [1.54, 1.807) is 6.92 Å². The molecule has 0 aromatic heterocycles. The highest BCUT2D eigenvalue weighted by Gasteiger charge is 2.09. The quantitative estimate of drug-likeness (QED) is 0.481. The Morgan fingerprint density at radius 2 is 1.83 bits per heavy atom. The number of carbonyl (C=O) groups is 1. The van der Waals surface area contributed by atoms with Crippen LogP contribution in [0.5, 0.6) is 0 Å². The lowest BCUT2D eigenvalue weighted by atomic mass is 10.2. The molecule has 0 aliphatic carbocycles. The Hall–Kier alpha value is -0.570. The Labute approximate surface area is 74.0 Å². The molecule has 0 N–H and O–H groups in total. The fourth-order valence-electron chi connectivity index (χ4n) is 0.605. The highest BCUT2D eigenvalue weighted by atomic mass is 16.6. The Morgan fingerprint density at radius 1 is 1.25 bits per heavy atom. The molecule has 0 unspecified atom stereocenters. The Kier molecular flexibility index (Phi) is 4.90. The van der Waals surface area contributed by atoms with Crippen molar-refractivity contribution in [1.82, 2.24) is 0 Å². The second kappa shape index (κ2) is 5.14. The van der Waals surface area contributed by atoms with Crippen LogP contribution in [-0.4, -0.2) is 24.8 Å². The van der Waals surface area contributed by atoms with Crippen LogP contribution in [0.15, 0.2) is 0 Å². The van der Waals surface area contributed by atoms with Gasteiger partial charge in [0.15, 0.2) is 0 Å². The zero-order chi connectivity index (χ0) is 9.61. The summed E-state index contributed by atoms with van der Waals surface area (Å²) < 4.78 is 10.2. The minimum atomic E-state index is -0.174. The molecule has 0 rings (SSSR count).